The van der Waals surface area contributed by atoms with E-state index in [1.54, 1.807) is 12.1 Å². The Morgan fingerprint density at radius 1 is 1.53 bits per heavy atom. The average molecular weight is 290 g/mol. The Labute approximate surface area is 101 Å². The van der Waals surface area contributed by atoms with E-state index in [9.17, 15) is 4.79 Å². The first kappa shape index (κ1) is 10.9. The van der Waals surface area contributed by atoms with Crippen molar-refractivity contribution in [2.75, 3.05) is 13.1 Å². The fraction of sp³-hybridized carbons (Fsp3) is 0.300. The summed E-state index contributed by atoms with van der Waals surface area (Å²) in [4.78, 5) is 11.8. The summed E-state index contributed by atoms with van der Waals surface area (Å²) < 4.78 is 0.851. The van der Waals surface area contributed by atoms with Gasteiger partial charge in [-0.05, 0) is 18.2 Å². The van der Waals surface area contributed by atoms with Gasteiger partial charge < -0.3 is 10.6 Å². The summed E-state index contributed by atoms with van der Waals surface area (Å²) in [5, 5.41) is 6.46. The lowest BCUT2D eigenvalue weighted by molar-refractivity contribution is 0.0924. The Hall–Kier alpha value is -0.580. The van der Waals surface area contributed by atoms with Crippen molar-refractivity contribution in [2.45, 2.75) is 6.04 Å². The zero-order chi connectivity index (χ0) is 10.8. The van der Waals surface area contributed by atoms with Crippen molar-refractivity contribution in [3.63, 3.8) is 0 Å². The van der Waals surface area contributed by atoms with Gasteiger partial charge in [0.2, 0.25) is 0 Å². The predicted octanol–water partition coefficient (Wildman–Crippen LogP) is 1.80. The lowest BCUT2D eigenvalue weighted by Crippen LogP contribution is -2.56. The van der Waals surface area contributed by atoms with Crippen LogP contribution in [0.25, 0.3) is 0 Å². The van der Waals surface area contributed by atoms with E-state index in [1.165, 1.54) is 0 Å². The van der Waals surface area contributed by atoms with Gasteiger partial charge in [-0.3, -0.25) is 4.79 Å². The molecule has 2 rings (SSSR count). The highest BCUT2D eigenvalue weighted by Crippen LogP contribution is 2.21. The molecule has 1 aliphatic rings. The number of halogens is 2. The molecular formula is C10H10BrClN2O. The minimum absolute atomic E-state index is 0.118. The van der Waals surface area contributed by atoms with Crippen LogP contribution in [0.15, 0.2) is 22.7 Å². The quantitative estimate of drug-likeness (QED) is 0.872. The van der Waals surface area contributed by atoms with Crippen molar-refractivity contribution in [2.24, 2.45) is 0 Å². The number of nitrogens with one attached hydrogen (secondary N) is 2. The summed E-state index contributed by atoms with van der Waals surface area (Å²) >= 11 is 9.25. The highest BCUT2D eigenvalue weighted by Gasteiger charge is 2.20. The predicted molar refractivity (Wildman–Crippen MR) is 63.3 cm³/mol. The normalized spacial score (nSPS) is 15.9. The van der Waals surface area contributed by atoms with E-state index in [0.29, 0.717) is 10.6 Å². The molecule has 80 valence electrons. The van der Waals surface area contributed by atoms with Crippen LogP contribution in [0.5, 0.6) is 0 Å². The van der Waals surface area contributed by atoms with E-state index in [1.807, 2.05) is 6.07 Å². The van der Waals surface area contributed by atoms with Crippen molar-refractivity contribution in [3.05, 3.63) is 33.3 Å². The highest BCUT2D eigenvalue weighted by atomic mass is 79.9. The first-order valence-electron chi connectivity index (χ1n) is 4.63. The largest absolute Gasteiger partial charge is 0.347 e. The molecule has 0 aromatic heterocycles. The summed E-state index contributed by atoms with van der Waals surface area (Å²) in [6, 6.07) is 5.47. The van der Waals surface area contributed by atoms with Crippen LogP contribution in [0.1, 0.15) is 10.4 Å². The van der Waals surface area contributed by atoms with Gasteiger partial charge in [-0.1, -0.05) is 27.5 Å². The van der Waals surface area contributed by atoms with Crippen LogP contribution in [-0.4, -0.2) is 25.0 Å². The Balaban J connectivity index is 2.12. The molecule has 0 spiro atoms. The second-order valence-corrected chi connectivity index (χ2v) is 4.78. The Morgan fingerprint density at radius 3 is 2.87 bits per heavy atom. The summed E-state index contributed by atoms with van der Waals surface area (Å²) in [5.74, 6) is -0.118. The minimum atomic E-state index is -0.118. The van der Waals surface area contributed by atoms with Gasteiger partial charge in [-0.2, -0.15) is 0 Å². The summed E-state index contributed by atoms with van der Waals surface area (Å²) in [6.45, 7) is 1.66. The molecule has 1 aromatic rings. The SMILES string of the molecule is O=C(NC1CNC1)c1cc(Br)ccc1Cl. The molecule has 0 radical (unpaired) electrons. The van der Waals surface area contributed by atoms with Crippen molar-refractivity contribution in [3.8, 4) is 0 Å². The fourth-order valence-corrected chi connectivity index (χ4v) is 1.89. The maximum absolute atomic E-state index is 11.8. The highest BCUT2D eigenvalue weighted by molar-refractivity contribution is 9.10. The first-order valence-corrected chi connectivity index (χ1v) is 5.80. The Morgan fingerprint density at radius 2 is 2.27 bits per heavy atom. The topological polar surface area (TPSA) is 41.1 Å². The lowest BCUT2D eigenvalue weighted by atomic mass is 10.1. The van der Waals surface area contributed by atoms with Crippen LogP contribution >= 0.6 is 27.5 Å². The van der Waals surface area contributed by atoms with E-state index >= 15 is 0 Å². The molecule has 1 aromatic carbocycles. The van der Waals surface area contributed by atoms with Crippen LogP contribution in [-0.2, 0) is 0 Å². The fourth-order valence-electron chi connectivity index (χ4n) is 1.33. The number of hydrogen-bond donors (Lipinski definition) is 2. The van der Waals surface area contributed by atoms with Crippen molar-refractivity contribution >= 4 is 33.4 Å². The molecule has 1 amide bonds. The number of carbonyl (C=O) groups excluding carboxylic acids is 1. The molecule has 0 bridgehead atoms. The van der Waals surface area contributed by atoms with Gasteiger partial charge in [0.25, 0.3) is 5.91 Å². The van der Waals surface area contributed by atoms with Crippen LogP contribution in [0.3, 0.4) is 0 Å². The van der Waals surface area contributed by atoms with E-state index < -0.39 is 0 Å². The van der Waals surface area contributed by atoms with Crippen molar-refractivity contribution in [1.82, 2.24) is 10.6 Å². The standard InChI is InChI=1S/C10H10BrClN2O/c11-6-1-2-9(12)8(3-6)10(15)14-7-4-13-5-7/h1-3,7,13H,4-5H2,(H,14,15). The second-order valence-electron chi connectivity index (χ2n) is 3.45. The first-order chi connectivity index (χ1) is 7.16. The van der Waals surface area contributed by atoms with Crippen molar-refractivity contribution < 1.29 is 4.79 Å². The van der Waals surface area contributed by atoms with Crippen LogP contribution in [0.4, 0.5) is 0 Å². The molecule has 0 unspecified atom stereocenters. The van der Waals surface area contributed by atoms with E-state index in [4.69, 9.17) is 11.6 Å². The third-order valence-electron chi connectivity index (χ3n) is 2.29. The average Bonchev–Trinajstić information content (AvgIpc) is 2.15. The molecule has 5 heteroatoms. The van der Waals surface area contributed by atoms with Crippen molar-refractivity contribution in [1.29, 1.82) is 0 Å². The van der Waals surface area contributed by atoms with Gasteiger partial charge in [-0.15, -0.1) is 0 Å². The van der Waals surface area contributed by atoms with E-state index in [0.717, 1.165) is 17.6 Å². The van der Waals surface area contributed by atoms with Gasteiger partial charge in [0.1, 0.15) is 0 Å². The molecule has 1 fully saturated rings. The molecule has 0 aliphatic carbocycles. The molecule has 2 N–H and O–H groups in total. The number of amides is 1. The van der Waals surface area contributed by atoms with Crippen LogP contribution in [0, 0.1) is 0 Å². The molecule has 0 atom stereocenters. The smallest absolute Gasteiger partial charge is 0.253 e. The van der Waals surface area contributed by atoms with Gasteiger partial charge in [0.05, 0.1) is 16.6 Å². The zero-order valence-corrected chi connectivity index (χ0v) is 10.2. The molecule has 15 heavy (non-hydrogen) atoms. The summed E-state index contributed by atoms with van der Waals surface area (Å²) in [5.41, 5.74) is 0.512. The van der Waals surface area contributed by atoms with Gasteiger partial charge >= 0.3 is 0 Å². The maximum Gasteiger partial charge on any atom is 0.253 e. The van der Waals surface area contributed by atoms with E-state index in [-0.39, 0.29) is 11.9 Å². The lowest BCUT2D eigenvalue weighted by Gasteiger charge is -2.28. The summed E-state index contributed by atoms with van der Waals surface area (Å²) in [6.07, 6.45) is 0. The number of benzene rings is 1. The number of hydrogen-bond acceptors (Lipinski definition) is 2. The zero-order valence-electron chi connectivity index (χ0n) is 7.89. The second kappa shape index (κ2) is 4.51. The third-order valence-corrected chi connectivity index (χ3v) is 3.11. The summed E-state index contributed by atoms with van der Waals surface area (Å²) in [7, 11) is 0. The van der Waals surface area contributed by atoms with Gasteiger partial charge in [-0.25, -0.2) is 0 Å². The molecular weight excluding hydrogens is 279 g/mol. The number of rotatable bonds is 2. The van der Waals surface area contributed by atoms with Gasteiger partial charge in [0, 0.05) is 17.6 Å². The molecule has 1 heterocycles. The van der Waals surface area contributed by atoms with Crippen LogP contribution in [0.2, 0.25) is 5.02 Å². The maximum atomic E-state index is 11.8. The monoisotopic (exact) mass is 288 g/mol. The van der Waals surface area contributed by atoms with Gasteiger partial charge in [0.15, 0.2) is 0 Å². The Bertz CT molecular complexity index is 393. The molecule has 0 saturated carbocycles. The molecule has 1 aliphatic heterocycles. The third kappa shape index (κ3) is 2.51. The number of carbonyl (C=O) groups is 1. The minimum Gasteiger partial charge on any atom is -0.347 e. The Kier molecular flexibility index (Phi) is 3.29. The van der Waals surface area contributed by atoms with Crippen LogP contribution < -0.4 is 10.6 Å². The van der Waals surface area contributed by atoms with E-state index in [2.05, 4.69) is 26.6 Å². The molecule has 1 saturated heterocycles. The molecule has 3 nitrogen and oxygen atoms in total.